The van der Waals surface area contributed by atoms with Gasteiger partial charge in [-0.25, -0.2) is 9.97 Å². The summed E-state index contributed by atoms with van der Waals surface area (Å²) in [6, 6.07) is 18.0. The number of ether oxygens (including phenoxy) is 1. The molecule has 3 aromatic heterocycles. The molecule has 186 valence electrons. The number of nitrogens with zero attached hydrogens (tertiary/aromatic N) is 3. The van der Waals surface area contributed by atoms with Gasteiger partial charge in [0, 0.05) is 23.8 Å². The van der Waals surface area contributed by atoms with Gasteiger partial charge in [-0.2, -0.15) is 0 Å². The van der Waals surface area contributed by atoms with Gasteiger partial charge in [-0.1, -0.05) is 51.0 Å². The standard InChI is InChI=1S/C30H34N4O2/c1-4-7-11-23(5-2)33-29(35)28-19-22(24-12-8-9-14-27(24)34-28)18-21-15-16-26(32-20-21)25-13-10-17-31-30(25)36-6-3/h8-10,12-17,19-20,23H,4-7,11,18H2,1-3H3,(H,33,35). The number of rotatable bonds is 11. The number of carbonyl (C=O) groups excluding carboxylic acids is 1. The van der Waals surface area contributed by atoms with Crippen molar-refractivity contribution in [2.24, 2.45) is 0 Å². The Morgan fingerprint density at radius 2 is 1.89 bits per heavy atom. The first-order valence-electron chi connectivity index (χ1n) is 12.9. The van der Waals surface area contributed by atoms with E-state index in [0.29, 0.717) is 24.6 Å². The SMILES string of the molecule is CCCCC(CC)NC(=O)c1cc(Cc2ccc(-c3cccnc3OCC)nc2)c2ccccc2n1. The minimum atomic E-state index is -0.113. The van der Waals surface area contributed by atoms with Crippen molar-refractivity contribution >= 4 is 16.8 Å². The Morgan fingerprint density at radius 1 is 1.03 bits per heavy atom. The van der Waals surface area contributed by atoms with Crippen molar-refractivity contribution in [1.29, 1.82) is 0 Å². The van der Waals surface area contributed by atoms with E-state index in [0.717, 1.165) is 59.0 Å². The van der Waals surface area contributed by atoms with Crippen molar-refractivity contribution in [2.45, 2.75) is 58.9 Å². The minimum Gasteiger partial charge on any atom is -0.477 e. The van der Waals surface area contributed by atoms with E-state index in [4.69, 9.17) is 4.74 Å². The van der Waals surface area contributed by atoms with Crippen LogP contribution in [0.15, 0.2) is 67.0 Å². The van der Waals surface area contributed by atoms with E-state index in [1.165, 1.54) is 0 Å². The maximum absolute atomic E-state index is 13.1. The lowest BCUT2D eigenvalue weighted by Crippen LogP contribution is -2.34. The molecule has 36 heavy (non-hydrogen) atoms. The predicted molar refractivity (Wildman–Crippen MR) is 144 cm³/mol. The van der Waals surface area contributed by atoms with Crippen LogP contribution in [0.5, 0.6) is 5.88 Å². The van der Waals surface area contributed by atoms with Crippen molar-refractivity contribution in [3.8, 4) is 17.1 Å². The Balaban J connectivity index is 1.60. The van der Waals surface area contributed by atoms with Gasteiger partial charge in [0.15, 0.2) is 0 Å². The van der Waals surface area contributed by atoms with Crippen LogP contribution in [-0.2, 0) is 6.42 Å². The molecule has 1 atom stereocenters. The predicted octanol–water partition coefficient (Wildman–Crippen LogP) is 6.38. The molecule has 4 rings (SSSR count). The van der Waals surface area contributed by atoms with E-state index in [1.54, 1.807) is 6.20 Å². The molecule has 0 aliphatic carbocycles. The Labute approximate surface area is 213 Å². The van der Waals surface area contributed by atoms with Crippen molar-refractivity contribution in [3.05, 3.63) is 83.8 Å². The number of hydrogen-bond donors (Lipinski definition) is 1. The van der Waals surface area contributed by atoms with Crippen LogP contribution in [0.4, 0.5) is 0 Å². The first-order chi connectivity index (χ1) is 17.6. The van der Waals surface area contributed by atoms with Gasteiger partial charge in [0.1, 0.15) is 5.69 Å². The maximum atomic E-state index is 13.1. The van der Waals surface area contributed by atoms with Crippen molar-refractivity contribution in [2.75, 3.05) is 6.61 Å². The summed E-state index contributed by atoms with van der Waals surface area (Å²) >= 11 is 0. The molecule has 6 nitrogen and oxygen atoms in total. The number of para-hydroxylation sites is 1. The van der Waals surface area contributed by atoms with Crippen LogP contribution in [0, 0.1) is 0 Å². The van der Waals surface area contributed by atoms with Crippen molar-refractivity contribution in [1.82, 2.24) is 20.3 Å². The lowest BCUT2D eigenvalue weighted by atomic mass is 10.00. The highest BCUT2D eigenvalue weighted by Gasteiger charge is 2.16. The molecular weight excluding hydrogens is 448 g/mol. The second-order valence-corrected chi connectivity index (χ2v) is 8.92. The van der Waals surface area contributed by atoms with Crippen LogP contribution in [0.3, 0.4) is 0 Å². The highest BCUT2D eigenvalue weighted by Crippen LogP contribution is 2.27. The molecule has 0 saturated heterocycles. The largest absolute Gasteiger partial charge is 0.477 e. The van der Waals surface area contributed by atoms with Crippen LogP contribution in [0.25, 0.3) is 22.2 Å². The number of hydrogen-bond acceptors (Lipinski definition) is 5. The smallest absolute Gasteiger partial charge is 0.270 e. The summed E-state index contributed by atoms with van der Waals surface area (Å²) in [5, 5.41) is 4.23. The topological polar surface area (TPSA) is 77.0 Å². The van der Waals surface area contributed by atoms with E-state index in [2.05, 4.69) is 46.2 Å². The van der Waals surface area contributed by atoms with Crippen molar-refractivity contribution in [3.63, 3.8) is 0 Å². The van der Waals surface area contributed by atoms with E-state index >= 15 is 0 Å². The van der Waals surface area contributed by atoms with Gasteiger partial charge in [-0.15, -0.1) is 0 Å². The van der Waals surface area contributed by atoms with E-state index in [9.17, 15) is 4.79 Å². The summed E-state index contributed by atoms with van der Waals surface area (Å²) in [6.45, 7) is 6.77. The zero-order chi connectivity index (χ0) is 25.3. The Kier molecular flexibility index (Phi) is 8.61. The van der Waals surface area contributed by atoms with E-state index in [1.807, 2.05) is 55.6 Å². The fourth-order valence-corrected chi connectivity index (χ4v) is 4.34. The first kappa shape index (κ1) is 25.3. The van der Waals surface area contributed by atoms with Gasteiger partial charge < -0.3 is 10.1 Å². The molecule has 1 N–H and O–H groups in total. The Morgan fingerprint density at radius 3 is 2.64 bits per heavy atom. The van der Waals surface area contributed by atoms with Gasteiger partial charge in [-0.3, -0.25) is 9.78 Å². The van der Waals surface area contributed by atoms with Crippen molar-refractivity contribution < 1.29 is 9.53 Å². The molecule has 0 radical (unpaired) electrons. The Hall–Kier alpha value is -3.80. The number of pyridine rings is 3. The molecule has 1 aromatic carbocycles. The zero-order valence-electron chi connectivity index (χ0n) is 21.3. The maximum Gasteiger partial charge on any atom is 0.270 e. The minimum absolute atomic E-state index is 0.113. The monoisotopic (exact) mass is 482 g/mol. The third-order valence-corrected chi connectivity index (χ3v) is 6.32. The molecular formula is C30H34N4O2. The third kappa shape index (κ3) is 6.06. The van der Waals surface area contributed by atoms with Gasteiger partial charge in [0.25, 0.3) is 5.91 Å². The second-order valence-electron chi connectivity index (χ2n) is 8.92. The number of unbranched alkanes of at least 4 members (excludes halogenated alkanes) is 1. The summed E-state index contributed by atoms with van der Waals surface area (Å²) in [6.07, 6.45) is 8.36. The van der Waals surface area contributed by atoms with Crippen LogP contribution in [0.1, 0.15) is 68.1 Å². The lowest BCUT2D eigenvalue weighted by molar-refractivity contribution is 0.0928. The van der Waals surface area contributed by atoms with Gasteiger partial charge in [-0.05, 0) is 67.6 Å². The molecule has 6 heteroatoms. The van der Waals surface area contributed by atoms with Gasteiger partial charge in [0.05, 0.1) is 23.4 Å². The molecule has 0 bridgehead atoms. The highest BCUT2D eigenvalue weighted by atomic mass is 16.5. The molecule has 3 heterocycles. The molecule has 0 aliphatic rings. The summed E-state index contributed by atoms with van der Waals surface area (Å²) in [4.78, 5) is 26.8. The van der Waals surface area contributed by atoms with Crippen LogP contribution < -0.4 is 10.1 Å². The summed E-state index contributed by atoms with van der Waals surface area (Å²) in [7, 11) is 0. The quantitative estimate of drug-likeness (QED) is 0.268. The molecule has 1 unspecified atom stereocenters. The highest BCUT2D eigenvalue weighted by molar-refractivity contribution is 5.96. The van der Waals surface area contributed by atoms with E-state index in [-0.39, 0.29) is 11.9 Å². The molecule has 0 saturated carbocycles. The zero-order valence-corrected chi connectivity index (χ0v) is 21.3. The Bertz CT molecular complexity index is 1300. The summed E-state index contributed by atoms with van der Waals surface area (Å²) < 4.78 is 5.66. The third-order valence-electron chi connectivity index (χ3n) is 6.32. The number of fused-ring (bicyclic) bond motifs is 1. The normalized spacial score (nSPS) is 11.9. The first-order valence-corrected chi connectivity index (χ1v) is 12.9. The average Bonchev–Trinajstić information content (AvgIpc) is 2.92. The number of nitrogens with one attached hydrogen (secondary N) is 1. The van der Waals surface area contributed by atoms with Crippen LogP contribution in [-0.4, -0.2) is 33.5 Å². The van der Waals surface area contributed by atoms with Gasteiger partial charge >= 0.3 is 0 Å². The van der Waals surface area contributed by atoms with E-state index < -0.39 is 0 Å². The van der Waals surface area contributed by atoms with Crippen LogP contribution >= 0.6 is 0 Å². The molecule has 0 fully saturated rings. The fraction of sp³-hybridized carbons (Fsp3) is 0.333. The average molecular weight is 483 g/mol. The number of benzene rings is 1. The lowest BCUT2D eigenvalue weighted by Gasteiger charge is -2.17. The molecule has 0 aliphatic heterocycles. The summed E-state index contributed by atoms with van der Waals surface area (Å²) in [5.41, 5.74) is 5.07. The second kappa shape index (κ2) is 12.2. The number of amides is 1. The number of aromatic nitrogens is 3. The molecule has 0 spiro atoms. The molecule has 4 aromatic rings. The summed E-state index contributed by atoms with van der Waals surface area (Å²) in [5.74, 6) is 0.471. The fourth-order valence-electron chi connectivity index (χ4n) is 4.34. The van der Waals surface area contributed by atoms with Gasteiger partial charge in [0.2, 0.25) is 5.88 Å². The van der Waals surface area contributed by atoms with Crippen LogP contribution in [0.2, 0.25) is 0 Å². The number of carbonyl (C=O) groups is 1. The molecule has 1 amide bonds.